The van der Waals surface area contributed by atoms with Gasteiger partial charge in [0, 0.05) is 35.7 Å². The van der Waals surface area contributed by atoms with E-state index in [1.54, 1.807) is 23.3 Å². The zero-order chi connectivity index (χ0) is 28.2. The number of piperidine rings is 1. The highest BCUT2D eigenvalue weighted by molar-refractivity contribution is 7.89. The first-order valence-corrected chi connectivity index (χ1v) is 16.2. The van der Waals surface area contributed by atoms with Gasteiger partial charge in [0.1, 0.15) is 5.75 Å². The number of anilines is 1. The van der Waals surface area contributed by atoms with Gasteiger partial charge < -0.3 is 15.4 Å². The number of thiazole rings is 1. The first kappa shape index (κ1) is 27.3. The van der Waals surface area contributed by atoms with Gasteiger partial charge >= 0.3 is 0 Å². The Balaban J connectivity index is 1.31. The van der Waals surface area contributed by atoms with Crippen LogP contribution in [0, 0.1) is 6.92 Å². The van der Waals surface area contributed by atoms with Crippen molar-refractivity contribution in [2.45, 2.75) is 37.3 Å². The van der Waals surface area contributed by atoms with Crippen molar-refractivity contribution < 1.29 is 13.2 Å². The lowest BCUT2D eigenvalue weighted by Crippen LogP contribution is -2.38. The molecule has 41 heavy (non-hydrogen) atoms. The largest absolute Gasteiger partial charge is 0.437 e. The number of rotatable bonds is 9. The molecule has 2 aromatic carbocycles. The van der Waals surface area contributed by atoms with Gasteiger partial charge in [-0.1, -0.05) is 30.3 Å². The van der Waals surface area contributed by atoms with Gasteiger partial charge in [0.2, 0.25) is 11.8 Å². The molecule has 0 amide bonds. The number of nitrogens with one attached hydrogen (secondary N) is 2. The second-order valence-corrected chi connectivity index (χ2v) is 12.9. The minimum atomic E-state index is -3.42. The first-order valence-electron chi connectivity index (χ1n) is 13.5. The molecular formula is C30H30N6O3S2. The average Bonchev–Trinajstić information content (AvgIpc) is 3.48. The standard InChI is InChI=1S/C30H30N6O3S2/c1-20-9-10-24-21(17-41(37,38)18-23-16-40-19-34-23)5-2-7-25(24)28(20)39-29-26(8-4-13-32-29)27-11-14-33-30(36-27)35-22-6-3-12-31-15-22/h2,4-5,7-11,13-14,16,19,22,31H,3,6,12,15,17-18H2,1H3,(H,33,35,36)/t22-/m0/s1. The molecule has 1 fully saturated rings. The Labute approximate surface area is 243 Å². The lowest BCUT2D eigenvalue weighted by molar-refractivity contribution is 0.466. The second kappa shape index (κ2) is 11.9. The van der Waals surface area contributed by atoms with E-state index in [-0.39, 0.29) is 17.5 Å². The maximum Gasteiger partial charge on any atom is 0.228 e. The maximum absolute atomic E-state index is 13.0. The first-order chi connectivity index (χ1) is 19.9. The third kappa shape index (κ3) is 6.37. The quantitative estimate of drug-likeness (QED) is 0.230. The smallest absolute Gasteiger partial charge is 0.228 e. The fourth-order valence-electron chi connectivity index (χ4n) is 5.09. The van der Waals surface area contributed by atoms with Crippen LogP contribution in [0.15, 0.2) is 71.8 Å². The van der Waals surface area contributed by atoms with Gasteiger partial charge in [-0.15, -0.1) is 11.3 Å². The van der Waals surface area contributed by atoms with E-state index in [0.29, 0.717) is 34.5 Å². The van der Waals surface area contributed by atoms with Gasteiger partial charge in [-0.2, -0.15) is 0 Å². The Bertz CT molecular complexity index is 1770. The molecule has 0 spiro atoms. The Morgan fingerprint density at radius 2 is 1.95 bits per heavy atom. The molecule has 11 heteroatoms. The number of aromatic nitrogens is 4. The minimum absolute atomic E-state index is 0.0908. The topological polar surface area (TPSA) is 119 Å². The number of pyridine rings is 1. The van der Waals surface area contributed by atoms with E-state index in [0.717, 1.165) is 47.8 Å². The van der Waals surface area contributed by atoms with E-state index in [1.807, 2.05) is 55.5 Å². The summed E-state index contributed by atoms with van der Waals surface area (Å²) < 4.78 is 32.5. The summed E-state index contributed by atoms with van der Waals surface area (Å²) in [5.74, 6) is 1.42. The van der Waals surface area contributed by atoms with E-state index in [9.17, 15) is 8.42 Å². The summed E-state index contributed by atoms with van der Waals surface area (Å²) in [5, 5.41) is 10.2. The molecule has 0 aliphatic carbocycles. The molecular weight excluding hydrogens is 557 g/mol. The Morgan fingerprint density at radius 1 is 1.02 bits per heavy atom. The van der Waals surface area contributed by atoms with Crippen molar-refractivity contribution in [2.24, 2.45) is 0 Å². The molecule has 1 atom stereocenters. The molecule has 1 aliphatic heterocycles. The van der Waals surface area contributed by atoms with Crippen LogP contribution in [0.1, 0.15) is 29.7 Å². The van der Waals surface area contributed by atoms with Crippen LogP contribution in [0.2, 0.25) is 0 Å². The lowest BCUT2D eigenvalue weighted by Gasteiger charge is -2.23. The van der Waals surface area contributed by atoms with Crippen molar-refractivity contribution >= 4 is 37.9 Å². The number of sulfone groups is 1. The number of hydrogen-bond donors (Lipinski definition) is 2. The molecule has 5 aromatic rings. The van der Waals surface area contributed by atoms with Gasteiger partial charge in [-0.3, -0.25) is 0 Å². The van der Waals surface area contributed by atoms with Crippen molar-refractivity contribution in [2.75, 3.05) is 18.4 Å². The summed E-state index contributed by atoms with van der Waals surface area (Å²) in [6.07, 6.45) is 5.60. The lowest BCUT2D eigenvalue weighted by atomic mass is 10.0. The SMILES string of the molecule is Cc1ccc2c(CS(=O)(=O)Cc3cscn3)cccc2c1Oc1ncccc1-c1ccnc(N[C@H]2CCCNC2)n1. The van der Waals surface area contributed by atoms with Crippen molar-refractivity contribution in [3.8, 4) is 22.9 Å². The normalized spacial score (nSPS) is 15.6. The van der Waals surface area contributed by atoms with Crippen molar-refractivity contribution in [3.63, 3.8) is 0 Å². The summed E-state index contributed by atoms with van der Waals surface area (Å²) >= 11 is 1.39. The average molecular weight is 587 g/mol. The number of aryl methyl sites for hydroxylation is 1. The fraction of sp³-hybridized carbons (Fsp3) is 0.267. The summed E-state index contributed by atoms with van der Waals surface area (Å²) in [6.45, 7) is 3.88. The summed E-state index contributed by atoms with van der Waals surface area (Å²) in [5.41, 5.74) is 5.27. The molecule has 0 bridgehead atoms. The predicted octanol–water partition coefficient (Wildman–Crippen LogP) is 5.53. The third-order valence-corrected chi connectivity index (χ3v) is 9.18. The second-order valence-electron chi connectivity index (χ2n) is 10.1. The Kier molecular flexibility index (Phi) is 7.91. The summed E-state index contributed by atoms with van der Waals surface area (Å²) in [6, 6.07) is 15.5. The van der Waals surface area contributed by atoms with Crippen LogP contribution >= 0.6 is 11.3 Å². The predicted molar refractivity (Wildman–Crippen MR) is 162 cm³/mol. The van der Waals surface area contributed by atoms with E-state index in [1.165, 1.54) is 11.3 Å². The van der Waals surface area contributed by atoms with Crippen LogP contribution in [0.3, 0.4) is 0 Å². The molecule has 0 unspecified atom stereocenters. The molecule has 210 valence electrons. The van der Waals surface area contributed by atoms with Gasteiger partial charge in [0.15, 0.2) is 9.84 Å². The number of nitrogens with zero attached hydrogens (tertiary/aromatic N) is 4. The number of benzene rings is 2. The Morgan fingerprint density at radius 3 is 2.78 bits per heavy atom. The monoisotopic (exact) mass is 586 g/mol. The van der Waals surface area contributed by atoms with E-state index >= 15 is 0 Å². The molecule has 3 aromatic heterocycles. The van der Waals surface area contributed by atoms with E-state index < -0.39 is 9.84 Å². The van der Waals surface area contributed by atoms with Crippen LogP contribution in [0.5, 0.6) is 11.6 Å². The van der Waals surface area contributed by atoms with Crippen LogP contribution < -0.4 is 15.4 Å². The number of ether oxygens (including phenoxy) is 1. The highest BCUT2D eigenvalue weighted by Crippen LogP contribution is 2.38. The molecule has 0 saturated carbocycles. The zero-order valence-electron chi connectivity index (χ0n) is 22.6. The summed E-state index contributed by atoms with van der Waals surface area (Å²) in [7, 11) is -3.42. The van der Waals surface area contributed by atoms with Gasteiger partial charge in [-0.05, 0) is 61.0 Å². The molecule has 0 radical (unpaired) electrons. The molecule has 4 heterocycles. The van der Waals surface area contributed by atoms with Crippen molar-refractivity contribution in [1.29, 1.82) is 0 Å². The molecule has 1 aliphatic rings. The molecule has 6 rings (SSSR count). The van der Waals surface area contributed by atoms with Crippen LogP contribution in [-0.4, -0.2) is 47.5 Å². The van der Waals surface area contributed by atoms with Crippen LogP contribution in [0.4, 0.5) is 5.95 Å². The van der Waals surface area contributed by atoms with Gasteiger partial charge in [0.05, 0.1) is 34.0 Å². The summed E-state index contributed by atoms with van der Waals surface area (Å²) in [4.78, 5) is 17.9. The van der Waals surface area contributed by atoms with Gasteiger partial charge in [0.25, 0.3) is 0 Å². The van der Waals surface area contributed by atoms with Gasteiger partial charge in [-0.25, -0.2) is 28.4 Å². The zero-order valence-corrected chi connectivity index (χ0v) is 24.2. The number of fused-ring (bicyclic) bond motifs is 1. The maximum atomic E-state index is 13.0. The molecule has 2 N–H and O–H groups in total. The molecule has 1 saturated heterocycles. The third-order valence-electron chi connectivity index (χ3n) is 7.06. The minimum Gasteiger partial charge on any atom is -0.437 e. The highest BCUT2D eigenvalue weighted by Gasteiger charge is 2.20. The van der Waals surface area contributed by atoms with Crippen LogP contribution in [0.25, 0.3) is 22.0 Å². The fourth-order valence-corrected chi connectivity index (χ4v) is 7.19. The highest BCUT2D eigenvalue weighted by atomic mass is 32.2. The van der Waals surface area contributed by atoms with Crippen molar-refractivity contribution in [3.05, 3.63) is 88.6 Å². The van der Waals surface area contributed by atoms with Crippen LogP contribution in [-0.2, 0) is 21.3 Å². The molecule has 9 nitrogen and oxygen atoms in total. The Hall–Kier alpha value is -3.93. The van der Waals surface area contributed by atoms with E-state index in [4.69, 9.17) is 9.72 Å². The number of hydrogen-bond acceptors (Lipinski definition) is 10. The van der Waals surface area contributed by atoms with E-state index in [2.05, 4.69) is 25.6 Å². The van der Waals surface area contributed by atoms with Crippen molar-refractivity contribution in [1.82, 2.24) is 25.3 Å².